The minimum absolute atomic E-state index is 0.144. The van der Waals surface area contributed by atoms with Crippen LogP contribution in [-0.2, 0) is 4.79 Å². The lowest BCUT2D eigenvalue weighted by Crippen LogP contribution is -2.39. The van der Waals surface area contributed by atoms with Crippen LogP contribution in [0.25, 0.3) is 10.8 Å². The van der Waals surface area contributed by atoms with E-state index < -0.39 is 29.0 Å². The van der Waals surface area contributed by atoms with Gasteiger partial charge in [-0.15, -0.1) is 0 Å². The molecule has 0 atom stereocenters. The summed E-state index contributed by atoms with van der Waals surface area (Å²) in [5.74, 6) is -3.02. The molecule has 0 radical (unpaired) electrons. The number of carbonyl (C=O) groups is 3. The van der Waals surface area contributed by atoms with Gasteiger partial charge in [0.1, 0.15) is 5.82 Å². The van der Waals surface area contributed by atoms with Crippen molar-refractivity contribution in [3.05, 3.63) is 65.7 Å². The molecule has 160 valence electrons. The zero-order valence-electron chi connectivity index (χ0n) is 16.8. The van der Waals surface area contributed by atoms with Crippen LogP contribution in [0.1, 0.15) is 34.7 Å². The highest BCUT2D eigenvalue weighted by molar-refractivity contribution is 6.06. The van der Waals surface area contributed by atoms with Crippen molar-refractivity contribution in [2.24, 2.45) is 5.41 Å². The lowest BCUT2D eigenvalue weighted by atomic mass is 9.94. The highest BCUT2D eigenvalue weighted by atomic mass is 19.1. The Bertz CT molecular complexity index is 1180. The average Bonchev–Trinajstić information content (AvgIpc) is 2.72. The predicted octanol–water partition coefficient (Wildman–Crippen LogP) is 3.17. The maximum atomic E-state index is 13.0. The summed E-state index contributed by atoms with van der Waals surface area (Å²) in [4.78, 5) is 39.8. The number of rotatable bonds is 6. The van der Waals surface area contributed by atoms with E-state index >= 15 is 0 Å². The van der Waals surface area contributed by atoms with Crippen LogP contribution in [0.5, 0.6) is 5.75 Å². The van der Waals surface area contributed by atoms with Crippen molar-refractivity contribution < 1.29 is 29.0 Å². The Morgan fingerprint density at radius 1 is 1.06 bits per heavy atom. The molecule has 0 aliphatic carbocycles. The maximum absolute atomic E-state index is 13.0. The quantitative estimate of drug-likeness (QED) is 0.480. The predicted molar refractivity (Wildman–Crippen MR) is 112 cm³/mol. The van der Waals surface area contributed by atoms with E-state index in [0.29, 0.717) is 16.5 Å². The monoisotopic (exact) mass is 425 g/mol. The SMILES string of the molecule is CC(C)(CNC(=O)c1ncc2cc(NC(=O)c3ccc(F)cc3)ccc2c1O)C(=O)O. The van der Waals surface area contributed by atoms with E-state index in [-0.39, 0.29) is 23.6 Å². The van der Waals surface area contributed by atoms with Gasteiger partial charge in [-0.1, -0.05) is 0 Å². The lowest BCUT2D eigenvalue weighted by molar-refractivity contribution is -0.146. The number of carboxylic acids is 1. The molecule has 0 aliphatic rings. The Kier molecular flexibility index (Phi) is 5.87. The molecule has 0 bridgehead atoms. The van der Waals surface area contributed by atoms with Gasteiger partial charge in [-0.2, -0.15) is 0 Å². The molecule has 9 heteroatoms. The summed E-state index contributed by atoms with van der Waals surface area (Å²) in [5, 5.41) is 25.5. The molecule has 8 nitrogen and oxygen atoms in total. The summed E-state index contributed by atoms with van der Waals surface area (Å²) in [6.07, 6.45) is 1.36. The van der Waals surface area contributed by atoms with E-state index in [2.05, 4.69) is 15.6 Å². The summed E-state index contributed by atoms with van der Waals surface area (Å²) in [6.45, 7) is 2.78. The number of anilines is 1. The zero-order chi connectivity index (χ0) is 22.8. The van der Waals surface area contributed by atoms with Gasteiger partial charge in [0.05, 0.1) is 5.41 Å². The molecule has 0 saturated carbocycles. The van der Waals surface area contributed by atoms with E-state index in [1.54, 1.807) is 12.1 Å². The van der Waals surface area contributed by atoms with Gasteiger partial charge in [0.15, 0.2) is 11.4 Å². The Balaban J connectivity index is 1.79. The fraction of sp³-hybridized carbons (Fsp3) is 0.182. The third-order valence-corrected chi connectivity index (χ3v) is 4.71. The van der Waals surface area contributed by atoms with E-state index in [0.717, 1.165) is 0 Å². The highest BCUT2D eigenvalue weighted by Gasteiger charge is 2.28. The van der Waals surface area contributed by atoms with Crippen LogP contribution < -0.4 is 10.6 Å². The molecule has 0 aliphatic heterocycles. The summed E-state index contributed by atoms with van der Waals surface area (Å²) in [5.41, 5.74) is -0.723. The molecule has 31 heavy (non-hydrogen) atoms. The number of aliphatic carboxylic acids is 1. The molecular weight excluding hydrogens is 405 g/mol. The number of carboxylic acid groups (broad SMARTS) is 1. The second-order valence-electron chi connectivity index (χ2n) is 7.59. The molecule has 4 N–H and O–H groups in total. The van der Waals surface area contributed by atoms with Crippen molar-refractivity contribution in [1.82, 2.24) is 10.3 Å². The Labute approximate surface area is 176 Å². The van der Waals surface area contributed by atoms with Gasteiger partial charge >= 0.3 is 5.97 Å². The normalized spacial score (nSPS) is 11.2. The Morgan fingerprint density at radius 2 is 1.74 bits per heavy atom. The van der Waals surface area contributed by atoms with Gasteiger partial charge in [0.2, 0.25) is 0 Å². The molecule has 3 aromatic rings. The van der Waals surface area contributed by atoms with E-state index in [9.17, 15) is 23.9 Å². The highest BCUT2D eigenvalue weighted by Crippen LogP contribution is 2.29. The molecule has 2 aromatic carbocycles. The van der Waals surface area contributed by atoms with Crippen LogP contribution in [0.3, 0.4) is 0 Å². The topological polar surface area (TPSA) is 129 Å². The number of aromatic nitrogens is 1. The van der Waals surface area contributed by atoms with E-state index in [1.807, 2.05) is 0 Å². The van der Waals surface area contributed by atoms with Gasteiger partial charge in [0, 0.05) is 34.8 Å². The lowest BCUT2D eigenvalue weighted by Gasteiger charge is -2.19. The van der Waals surface area contributed by atoms with E-state index in [4.69, 9.17) is 5.11 Å². The number of halogens is 1. The fourth-order valence-electron chi connectivity index (χ4n) is 2.72. The molecule has 0 fully saturated rings. The summed E-state index contributed by atoms with van der Waals surface area (Å²) in [7, 11) is 0. The smallest absolute Gasteiger partial charge is 0.310 e. The number of hydrogen-bond donors (Lipinski definition) is 4. The summed E-state index contributed by atoms with van der Waals surface area (Å²) < 4.78 is 13.0. The number of benzene rings is 2. The standard InChI is InChI=1S/C22H20FN3O5/c1-22(2,21(30)31)11-25-20(29)17-18(27)16-8-7-15(9-13(16)10-24-17)26-19(28)12-3-5-14(23)6-4-12/h3-10,27H,11H2,1-2H3,(H,25,29)(H,26,28)(H,30,31). The maximum Gasteiger partial charge on any atom is 0.310 e. The second-order valence-corrected chi connectivity index (χ2v) is 7.59. The van der Waals surface area contributed by atoms with Crippen LogP contribution in [0.4, 0.5) is 10.1 Å². The molecule has 3 rings (SSSR count). The van der Waals surface area contributed by atoms with Crippen LogP contribution in [0, 0.1) is 11.2 Å². The number of hydrogen-bond acceptors (Lipinski definition) is 5. The first-order valence-corrected chi connectivity index (χ1v) is 9.29. The van der Waals surface area contributed by atoms with Crippen molar-refractivity contribution in [2.45, 2.75) is 13.8 Å². The number of carbonyl (C=O) groups excluding carboxylic acids is 2. The van der Waals surface area contributed by atoms with Crippen molar-refractivity contribution in [1.29, 1.82) is 0 Å². The summed E-state index contributed by atoms with van der Waals surface area (Å²) >= 11 is 0. The van der Waals surface area contributed by atoms with Crippen LogP contribution >= 0.6 is 0 Å². The van der Waals surface area contributed by atoms with Gasteiger partial charge in [-0.25, -0.2) is 9.37 Å². The van der Waals surface area contributed by atoms with Crippen molar-refractivity contribution in [2.75, 3.05) is 11.9 Å². The second kappa shape index (κ2) is 8.39. The number of aromatic hydroxyl groups is 1. The van der Waals surface area contributed by atoms with Gasteiger partial charge in [-0.05, 0) is 56.3 Å². The number of nitrogens with zero attached hydrogens (tertiary/aromatic N) is 1. The average molecular weight is 425 g/mol. The zero-order valence-corrected chi connectivity index (χ0v) is 16.8. The van der Waals surface area contributed by atoms with Crippen molar-refractivity contribution in [3.63, 3.8) is 0 Å². The fourth-order valence-corrected chi connectivity index (χ4v) is 2.72. The first-order chi connectivity index (χ1) is 14.6. The summed E-state index contributed by atoms with van der Waals surface area (Å²) in [6, 6.07) is 9.70. The third-order valence-electron chi connectivity index (χ3n) is 4.71. The van der Waals surface area contributed by atoms with Crippen LogP contribution in [0.15, 0.2) is 48.7 Å². The largest absolute Gasteiger partial charge is 0.505 e. The first kappa shape index (κ1) is 21.7. The Hall–Kier alpha value is -4.01. The minimum Gasteiger partial charge on any atom is -0.505 e. The van der Waals surface area contributed by atoms with Crippen LogP contribution in [0.2, 0.25) is 0 Å². The molecule has 0 saturated heterocycles. The molecule has 0 unspecified atom stereocenters. The molecule has 1 aromatic heterocycles. The molecule has 1 heterocycles. The minimum atomic E-state index is -1.18. The first-order valence-electron chi connectivity index (χ1n) is 9.29. The molecule has 2 amide bonds. The van der Waals surface area contributed by atoms with Gasteiger partial charge in [0.25, 0.3) is 11.8 Å². The van der Waals surface area contributed by atoms with Gasteiger partial charge < -0.3 is 20.8 Å². The van der Waals surface area contributed by atoms with Gasteiger partial charge in [-0.3, -0.25) is 14.4 Å². The number of nitrogens with one attached hydrogen (secondary N) is 2. The number of pyridine rings is 1. The molecule has 0 spiro atoms. The van der Waals surface area contributed by atoms with E-state index in [1.165, 1.54) is 50.4 Å². The molecular formula is C22H20FN3O5. The third kappa shape index (κ3) is 4.77. The number of amides is 2. The van der Waals surface area contributed by atoms with Crippen molar-refractivity contribution >= 4 is 34.2 Å². The van der Waals surface area contributed by atoms with Crippen molar-refractivity contribution in [3.8, 4) is 5.75 Å². The number of fused-ring (bicyclic) bond motifs is 1. The van der Waals surface area contributed by atoms with Crippen LogP contribution in [-0.4, -0.2) is 39.5 Å². The Morgan fingerprint density at radius 3 is 2.39 bits per heavy atom.